The second-order valence-electron chi connectivity index (χ2n) is 6.13. The van der Waals surface area contributed by atoms with E-state index in [-0.39, 0.29) is 48.2 Å². The molecule has 2 aliphatic rings. The van der Waals surface area contributed by atoms with Crippen molar-refractivity contribution in [2.45, 2.75) is 13.3 Å². The summed E-state index contributed by atoms with van der Waals surface area (Å²) in [5.41, 5.74) is 1.89. The van der Waals surface area contributed by atoms with Crippen molar-refractivity contribution in [2.24, 2.45) is 5.92 Å². The summed E-state index contributed by atoms with van der Waals surface area (Å²) >= 11 is 0.970. The van der Waals surface area contributed by atoms with Gasteiger partial charge in [0.1, 0.15) is 0 Å². The summed E-state index contributed by atoms with van der Waals surface area (Å²) in [6.07, 6.45) is 0.164. The fraction of sp³-hybridized carbons (Fsp3) is 0.412. The van der Waals surface area contributed by atoms with Crippen LogP contribution < -0.4 is 10.2 Å². The Morgan fingerprint density at radius 2 is 1.92 bits per heavy atom. The SMILES string of the molecule is Cc1ccc(N2CC(C(=O)NCCN3C(=O)CSC3=O)CC2=O)cc1. The zero-order chi connectivity index (χ0) is 18.0. The van der Waals surface area contributed by atoms with Crippen LogP contribution >= 0.6 is 11.8 Å². The van der Waals surface area contributed by atoms with Gasteiger partial charge < -0.3 is 10.2 Å². The zero-order valence-corrected chi connectivity index (χ0v) is 14.7. The van der Waals surface area contributed by atoms with Crippen LogP contribution in [0.3, 0.4) is 0 Å². The van der Waals surface area contributed by atoms with Crippen molar-refractivity contribution in [2.75, 3.05) is 30.3 Å². The second kappa shape index (κ2) is 7.26. The first-order chi connectivity index (χ1) is 12.0. The molecule has 2 saturated heterocycles. The van der Waals surface area contributed by atoms with Crippen LogP contribution in [0.4, 0.5) is 10.5 Å². The Morgan fingerprint density at radius 1 is 1.20 bits per heavy atom. The van der Waals surface area contributed by atoms with Gasteiger partial charge in [-0.1, -0.05) is 29.5 Å². The van der Waals surface area contributed by atoms with Crippen LogP contribution in [0.15, 0.2) is 24.3 Å². The minimum Gasteiger partial charge on any atom is -0.354 e. The molecule has 8 heteroatoms. The number of aryl methyl sites for hydroxylation is 1. The molecule has 2 aliphatic heterocycles. The normalized spacial score (nSPS) is 20.5. The van der Waals surface area contributed by atoms with E-state index in [0.29, 0.717) is 6.54 Å². The molecule has 0 aromatic heterocycles. The van der Waals surface area contributed by atoms with Crippen LogP contribution in [0.2, 0.25) is 0 Å². The molecule has 25 heavy (non-hydrogen) atoms. The number of amides is 4. The van der Waals surface area contributed by atoms with Gasteiger partial charge in [-0.2, -0.15) is 0 Å². The van der Waals surface area contributed by atoms with E-state index in [0.717, 1.165) is 27.9 Å². The Kier molecular flexibility index (Phi) is 5.08. The van der Waals surface area contributed by atoms with Crippen molar-refractivity contribution in [3.63, 3.8) is 0 Å². The lowest BCUT2D eigenvalue weighted by atomic mass is 10.1. The van der Waals surface area contributed by atoms with Gasteiger partial charge in [0, 0.05) is 31.7 Å². The molecule has 1 N–H and O–H groups in total. The Labute approximate surface area is 149 Å². The number of anilines is 1. The van der Waals surface area contributed by atoms with Crippen LogP contribution in [0, 0.1) is 12.8 Å². The minimum atomic E-state index is -0.423. The number of rotatable bonds is 5. The first kappa shape index (κ1) is 17.5. The molecule has 2 fully saturated rings. The van der Waals surface area contributed by atoms with Crippen molar-refractivity contribution in [1.82, 2.24) is 10.2 Å². The van der Waals surface area contributed by atoms with Gasteiger partial charge >= 0.3 is 0 Å². The molecule has 4 amide bonds. The predicted octanol–water partition coefficient (Wildman–Crippen LogP) is 1.16. The highest BCUT2D eigenvalue weighted by Crippen LogP contribution is 2.25. The second-order valence-corrected chi connectivity index (χ2v) is 7.06. The highest BCUT2D eigenvalue weighted by atomic mass is 32.2. The number of thioether (sulfide) groups is 1. The molecule has 0 bridgehead atoms. The third kappa shape index (κ3) is 3.84. The van der Waals surface area contributed by atoms with Crippen molar-refractivity contribution in [3.05, 3.63) is 29.8 Å². The Bertz CT molecular complexity index is 703. The molecule has 3 rings (SSSR count). The van der Waals surface area contributed by atoms with Gasteiger partial charge in [0.05, 0.1) is 11.7 Å². The molecular weight excluding hydrogens is 342 g/mol. The van der Waals surface area contributed by atoms with E-state index in [4.69, 9.17) is 0 Å². The maximum Gasteiger partial charge on any atom is 0.288 e. The Hall–Kier alpha value is -2.35. The molecular formula is C17H19N3O4S. The van der Waals surface area contributed by atoms with E-state index in [1.54, 1.807) is 4.90 Å². The number of hydrogen-bond donors (Lipinski definition) is 1. The molecule has 1 aromatic carbocycles. The minimum absolute atomic E-state index is 0.0784. The molecule has 132 valence electrons. The Morgan fingerprint density at radius 3 is 2.56 bits per heavy atom. The number of benzene rings is 1. The van der Waals surface area contributed by atoms with Gasteiger partial charge in [0.25, 0.3) is 5.24 Å². The smallest absolute Gasteiger partial charge is 0.288 e. The van der Waals surface area contributed by atoms with Crippen molar-refractivity contribution < 1.29 is 19.2 Å². The van der Waals surface area contributed by atoms with E-state index in [1.165, 1.54) is 0 Å². The van der Waals surface area contributed by atoms with E-state index >= 15 is 0 Å². The molecule has 0 saturated carbocycles. The molecule has 1 unspecified atom stereocenters. The summed E-state index contributed by atoms with van der Waals surface area (Å²) in [4.78, 5) is 50.2. The number of imide groups is 1. The average molecular weight is 361 g/mol. The van der Waals surface area contributed by atoms with Crippen molar-refractivity contribution in [1.29, 1.82) is 0 Å². The summed E-state index contributed by atoms with van der Waals surface area (Å²) in [7, 11) is 0. The van der Waals surface area contributed by atoms with Crippen LogP contribution in [-0.4, -0.2) is 53.2 Å². The van der Waals surface area contributed by atoms with Crippen LogP contribution in [0.1, 0.15) is 12.0 Å². The molecule has 0 spiro atoms. The highest BCUT2D eigenvalue weighted by Gasteiger charge is 2.35. The maximum atomic E-state index is 12.3. The lowest BCUT2D eigenvalue weighted by Crippen LogP contribution is -2.40. The monoisotopic (exact) mass is 361 g/mol. The van der Waals surface area contributed by atoms with E-state index in [9.17, 15) is 19.2 Å². The summed E-state index contributed by atoms with van der Waals surface area (Å²) in [5, 5.41) is 2.44. The standard InChI is InChI=1S/C17H19N3O4S/c1-11-2-4-13(5-3-11)20-9-12(8-14(20)21)16(23)18-6-7-19-15(22)10-25-17(19)24/h2-5,12H,6-10H2,1H3,(H,18,23). The number of hydrogen-bond acceptors (Lipinski definition) is 5. The topological polar surface area (TPSA) is 86.8 Å². The summed E-state index contributed by atoms with van der Waals surface area (Å²) in [5.74, 6) is -0.797. The molecule has 0 radical (unpaired) electrons. The van der Waals surface area contributed by atoms with Gasteiger partial charge in [-0.05, 0) is 19.1 Å². The van der Waals surface area contributed by atoms with Crippen molar-refractivity contribution in [3.8, 4) is 0 Å². The predicted molar refractivity (Wildman–Crippen MR) is 94.2 cm³/mol. The average Bonchev–Trinajstić information content (AvgIpc) is 3.12. The highest BCUT2D eigenvalue weighted by molar-refractivity contribution is 8.14. The number of carbonyl (C=O) groups is 4. The van der Waals surface area contributed by atoms with Crippen LogP contribution in [0.5, 0.6) is 0 Å². The van der Waals surface area contributed by atoms with Crippen molar-refractivity contribution >= 4 is 40.4 Å². The molecule has 1 aromatic rings. The van der Waals surface area contributed by atoms with E-state index < -0.39 is 5.92 Å². The summed E-state index contributed by atoms with van der Waals surface area (Å²) in [6.45, 7) is 2.68. The van der Waals surface area contributed by atoms with Gasteiger partial charge in [-0.3, -0.25) is 24.1 Å². The summed E-state index contributed by atoms with van der Waals surface area (Å²) < 4.78 is 0. The van der Waals surface area contributed by atoms with Gasteiger partial charge in [0.15, 0.2) is 0 Å². The first-order valence-corrected chi connectivity index (χ1v) is 9.06. The lowest BCUT2D eigenvalue weighted by molar-refractivity contribution is -0.127. The molecule has 1 atom stereocenters. The van der Waals surface area contributed by atoms with Gasteiger partial charge in [-0.25, -0.2) is 0 Å². The summed E-state index contributed by atoms with van der Waals surface area (Å²) in [6, 6.07) is 7.60. The largest absolute Gasteiger partial charge is 0.354 e. The van der Waals surface area contributed by atoms with E-state index in [2.05, 4.69) is 5.32 Å². The van der Waals surface area contributed by atoms with Crippen LogP contribution in [0.25, 0.3) is 0 Å². The maximum absolute atomic E-state index is 12.3. The zero-order valence-electron chi connectivity index (χ0n) is 13.9. The fourth-order valence-electron chi connectivity index (χ4n) is 2.89. The molecule has 2 heterocycles. The third-order valence-corrected chi connectivity index (χ3v) is 5.18. The van der Waals surface area contributed by atoms with E-state index in [1.807, 2.05) is 31.2 Å². The third-order valence-electron chi connectivity index (χ3n) is 4.32. The van der Waals surface area contributed by atoms with Crippen LogP contribution in [-0.2, 0) is 14.4 Å². The number of nitrogens with zero attached hydrogens (tertiary/aromatic N) is 2. The fourth-order valence-corrected chi connectivity index (χ4v) is 3.64. The molecule has 7 nitrogen and oxygen atoms in total. The quantitative estimate of drug-likeness (QED) is 0.850. The number of nitrogens with one attached hydrogen (secondary N) is 1. The van der Waals surface area contributed by atoms with Gasteiger partial charge in [0.2, 0.25) is 17.7 Å². The Balaban J connectivity index is 1.51. The van der Waals surface area contributed by atoms with Gasteiger partial charge in [-0.15, -0.1) is 0 Å². The molecule has 0 aliphatic carbocycles. The first-order valence-electron chi connectivity index (χ1n) is 8.07. The number of carbonyl (C=O) groups excluding carboxylic acids is 4. The lowest BCUT2D eigenvalue weighted by Gasteiger charge is -2.17.